The second kappa shape index (κ2) is 12.9. The first-order valence-corrected chi connectivity index (χ1v) is 10.6. The van der Waals surface area contributed by atoms with Gasteiger partial charge in [0.15, 0.2) is 0 Å². The van der Waals surface area contributed by atoms with Crippen LogP contribution in [0.3, 0.4) is 0 Å². The van der Waals surface area contributed by atoms with Gasteiger partial charge < -0.3 is 11.1 Å². The highest BCUT2D eigenvalue weighted by Gasteiger charge is 2.30. The van der Waals surface area contributed by atoms with Crippen molar-refractivity contribution in [2.45, 2.75) is 12.6 Å². The highest BCUT2D eigenvalue weighted by atomic mass is 19.4. The molecule has 0 saturated heterocycles. The number of hydrogen-bond acceptors (Lipinski definition) is 3. The van der Waals surface area contributed by atoms with Crippen LogP contribution in [0.5, 0.6) is 0 Å². The van der Waals surface area contributed by atoms with E-state index in [1.807, 2.05) is 0 Å². The van der Waals surface area contributed by atoms with E-state index in [2.05, 4.69) is 16.9 Å². The normalized spacial score (nSPS) is 17.7. The third-order valence-corrected chi connectivity index (χ3v) is 4.72. The van der Waals surface area contributed by atoms with Gasteiger partial charge in [-0.2, -0.15) is 13.2 Å². The molecular formula is C27H26F3N3O2. The van der Waals surface area contributed by atoms with E-state index in [9.17, 15) is 22.8 Å². The molecule has 0 aliphatic heterocycles. The van der Waals surface area contributed by atoms with Crippen LogP contribution in [0.2, 0.25) is 0 Å². The number of hydrogen-bond donors (Lipinski definition) is 2. The molecule has 0 radical (unpaired) electrons. The Bertz CT molecular complexity index is 1170. The summed E-state index contributed by atoms with van der Waals surface area (Å²) in [6.45, 7) is 3.77. The molecule has 1 aliphatic rings. The molecule has 182 valence electrons. The van der Waals surface area contributed by atoms with Gasteiger partial charge in [-0.15, -0.1) is 0 Å². The standard InChI is InChI=1S/C27H26F3N3O2/c1-19(9-4-3-5-14-25(31)34)33-26(35)22-15-16-24(32-2)21(18-22)12-7-6-10-20-11-8-13-23(17-20)27(28,29)30/h3-13,15-18,21H,1,14H2,2H3,(H2,31,34)(H,33,35)/b5-3-,9-4-,10-6+,12-7?,32-24?. The van der Waals surface area contributed by atoms with Gasteiger partial charge in [-0.3, -0.25) is 14.6 Å². The van der Waals surface area contributed by atoms with Crippen LogP contribution >= 0.6 is 0 Å². The van der Waals surface area contributed by atoms with Gasteiger partial charge in [0.05, 0.1) is 5.56 Å². The summed E-state index contributed by atoms with van der Waals surface area (Å²) in [5, 5.41) is 2.67. The number of primary amides is 1. The van der Waals surface area contributed by atoms with Crippen molar-refractivity contribution in [2.24, 2.45) is 16.6 Å². The molecule has 0 bridgehead atoms. The Morgan fingerprint density at radius 2 is 1.94 bits per heavy atom. The summed E-state index contributed by atoms with van der Waals surface area (Å²) < 4.78 is 38.6. The number of alkyl halides is 3. The predicted molar refractivity (Wildman–Crippen MR) is 133 cm³/mol. The zero-order chi connectivity index (χ0) is 25.8. The molecule has 5 nitrogen and oxygen atoms in total. The van der Waals surface area contributed by atoms with Crippen LogP contribution in [0.1, 0.15) is 17.5 Å². The SMILES string of the molecule is C=C(/C=C\C=C/CC(N)=O)NC(=O)C1=CC(C=C/C=C/c2cccc(C(F)(F)F)c2)C(=NC)C=C1. The summed E-state index contributed by atoms with van der Waals surface area (Å²) in [6.07, 6.45) is 13.9. The summed E-state index contributed by atoms with van der Waals surface area (Å²) in [5.74, 6) is -1.09. The van der Waals surface area contributed by atoms with Gasteiger partial charge in [0.2, 0.25) is 5.91 Å². The second-order valence-corrected chi connectivity index (χ2v) is 7.43. The number of nitrogens with zero attached hydrogens (tertiary/aromatic N) is 1. The van der Waals surface area contributed by atoms with E-state index in [-0.39, 0.29) is 18.2 Å². The molecule has 1 unspecified atom stereocenters. The second-order valence-electron chi connectivity index (χ2n) is 7.43. The number of carbonyl (C=O) groups excluding carboxylic acids is 2. The Balaban J connectivity index is 2.04. The fourth-order valence-corrected chi connectivity index (χ4v) is 3.01. The van der Waals surface area contributed by atoms with Gasteiger partial charge >= 0.3 is 6.18 Å². The number of halogens is 3. The average Bonchev–Trinajstić information content (AvgIpc) is 2.81. The summed E-state index contributed by atoms with van der Waals surface area (Å²) in [5.41, 5.74) is 6.25. The van der Waals surface area contributed by atoms with Gasteiger partial charge in [-0.05, 0) is 35.9 Å². The van der Waals surface area contributed by atoms with Crippen molar-refractivity contribution in [3.8, 4) is 0 Å². The van der Waals surface area contributed by atoms with Crippen molar-refractivity contribution in [2.75, 3.05) is 7.05 Å². The van der Waals surface area contributed by atoms with Crippen LogP contribution < -0.4 is 11.1 Å². The molecule has 1 aromatic rings. The summed E-state index contributed by atoms with van der Waals surface area (Å²) in [6, 6.07) is 5.03. The van der Waals surface area contributed by atoms with Gasteiger partial charge in [-0.25, -0.2) is 0 Å². The van der Waals surface area contributed by atoms with Crippen molar-refractivity contribution < 1.29 is 22.8 Å². The minimum Gasteiger partial charge on any atom is -0.369 e. The Hall–Kier alpha value is -4.20. The number of aliphatic imine (C=N–C) groups is 1. The third kappa shape index (κ3) is 9.29. The van der Waals surface area contributed by atoms with Crippen LogP contribution in [-0.2, 0) is 15.8 Å². The lowest BCUT2D eigenvalue weighted by atomic mass is 9.93. The number of nitrogens with two attached hydrogens (primary N) is 1. The minimum absolute atomic E-state index is 0.117. The first-order chi connectivity index (χ1) is 16.6. The lowest BCUT2D eigenvalue weighted by molar-refractivity contribution is -0.137. The quantitative estimate of drug-likeness (QED) is 0.483. The van der Waals surface area contributed by atoms with E-state index in [0.717, 1.165) is 17.8 Å². The highest BCUT2D eigenvalue weighted by Crippen LogP contribution is 2.29. The third-order valence-electron chi connectivity index (χ3n) is 4.72. The molecule has 0 spiro atoms. The number of nitrogens with one attached hydrogen (secondary N) is 1. The van der Waals surface area contributed by atoms with Gasteiger partial charge in [0.25, 0.3) is 5.91 Å². The average molecular weight is 482 g/mol. The van der Waals surface area contributed by atoms with Crippen molar-refractivity contribution in [1.29, 1.82) is 0 Å². The molecule has 0 aromatic heterocycles. The molecule has 3 N–H and O–H groups in total. The Labute approximate surface area is 202 Å². The predicted octanol–water partition coefficient (Wildman–Crippen LogP) is 5.08. The number of amides is 2. The molecular weight excluding hydrogens is 455 g/mol. The highest BCUT2D eigenvalue weighted by molar-refractivity contribution is 6.06. The van der Waals surface area contributed by atoms with E-state index in [1.54, 1.807) is 80.0 Å². The fourth-order valence-electron chi connectivity index (χ4n) is 3.01. The van der Waals surface area contributed by atoms with E-state index >= 15 is 0 Å². The lowest BCUT2D eigenvalue weighted by Gasteiger charge is -2.15. The number of rotatable bonds is 9. The molecule has 1 aliphatic carbocycles. The van der Waals surface area contributed by atoms with Crippen molar-refractivity contribution in [3.63, 3.8) is 0 Å². The van der Waals surface area contributed by atoms with E-state index in [1.165, 1.54) is 6.07 Å². The molecule has 8 heteroatoms. The molecule has 35 heavy (non-hydrogen) atoms. The molecule has 0 saturated carbocycles. The van der Waals surface area contributed by atoms with Crippen LogP contribution in [0.4, 0.5) is 13.2 Å². The molecule has 1 aromatic carbocycles. The molecule has 2 amide bonds. The van der Waals surface area contributed by atoms with E-state index < -0.39 is 17.6 Å². The molecule has 0 heterocycles. The van der Waals surface area contributed by atoms with Crippen LogP contribution in [0, 0.1) is 5.92 Å². The lowest BCUT2D eigenvalue weighted by Crippen LogP contribution is -2.25. The van der Waals surface area contributed by atoms with Crippen molar-refractivity contribution >= 4 is 23.6 Å². The maximum Gasteiger partial charge on any atom is 0.416 e. The molecule has 2 rings (SSSR count). The molecule has 0 fully saturated rings. The van der Waals surface area contributed by atoms with Crippen LogP contribution in [0.15, 0.2) is 108 Å². The summed E-state index contributed by atoms with van der Waals surface area (Å²) >= 11 is 0. The first-order valence-electron chi connectivity index (χ1n) is 10.6. The summed E-state index contributed by atoms with van der Waals surface area (Å²) in [4.78, 5) is 27.5. The molecule has 1 atom stereocenters. The maximum absolute atomic E-state index is 12.9. The topological polar surface area (TPSA) is 84.5 Å². The maximum atomic E-state index is 12.9. The Morgan fingerprint density at radius 1 is 1.17 bits per heavy atom. The van der Waals surface area contributed by atoms with E-state index in [0.29, 0.717) is 16.8 Å². The van der Waals surface area contributed by atoms with Gasteiger partial charge in [0, 0.05) is 36.4 Å². The smallest absolute Gasteiger partial charge is 0.369 e. The van der Waals surface area contributed by atoms with Gasteiger partial charge in [0.1, 0.15) is 0 Å². The summed E-state index contributed by atoms with van der Waals surface area (Å²) in [7, 11) is 1.64. The number of carbonyl (C=O) groups is 2. The van der Waals surface area contributed by atoms with Gasteiger partial charge in [-0.1, -0.05) is 67.3 Å². The fraction of sp³-hybridized carbons (Fsp3) is 0.148. The Kier molecular flexibility index (Phi) is 9.96. The van der Waals surface area contributed by atoms with Crippen LogP contribution in [-0.4, -0.2) is 24.6 Å². The largest absolute Gasteiger partial charge is 0.416 e. The van der Waals surface area contributed by atoms with Crippen LogP contribution in [0.25, 0.3) is 6.08 Å². The monoisotopic (exact) mass is 481 g/mol. The Morgan fingerprint density at radius 3 is 2.63 bits per heavy atom. The van der Waals surface area contributed by atoms with E-state index in [4.69, 9.17) is 5.73 Å². The van der Waals surface area contributed by atoms with Crippen molar-refractivity contribution in [3.05, 3.63) is 114 Å². The number of benzene rings is 1. The number of allylic oxidation sites excluding steroid dienone is 8. The van der Waals surface area contributed by atoms with Crippen molar-refractivity contribution in [1.82, 2.24) is 5.32 Å². The minimum atomic E-state index is -4.40. The zero-order valence-electron chi connectivity index (χ0n) is 19.1. The first kappa shape index (κ1) is 27.0. The zero-order valence-corrected chi connectivity index (χ0v) is 19.1.